The summed E-state index contributed by atoms with van der Waals surface area (Å²) < 4.78 is 44.8. The molecule has 0 spiro atoms. The highest BCUT2D eigenvalue weighted by Gasteiger charge is 2.52. The quantitative estimate of drug-likeness (QED) is 0.837. The summed E-state index contributed by atoms with van der Waals surface area (Å²) in [5.41, 5.74) is -0.709. The van der Waals surface area contributed by atoms with Gasteiger partial charge in [0.2, 0.25) is 10.0 Å². The summed E-state index contributed by atoms with van der Waals surface area (Å²) >= 11 is 6.24. The molecule has 1 aromatic carbocycles. The van der Waals surface area contributed by atoms with Gasteiger partial charge in [0, 0.05) is 6.07 Å². The van der Waals surface area contributed by atoms with E-state index >= 15 is 0 Å². The Bertz CT molecular complexity index is 835. The molecule has 1 N–H and O–H groups in total. The van der Waals surface area contributed by atoms with Crippen molar-refractivity contribution in [3.63, 3.8) is 0 Å². The highest BCUT2D eigenvalue weighted by atomic mass is 35.5. The van der Waals surface area contributed by atoms with E-state index in [1.54, 1.807) is 4.72 Å². The summed E-state index contributed by atoms with van der Waals surface area (Å²) in [6.07, 6.45) is 7.50. The maximum absolute atomic E-state index is 14.4. The smallest absolute Gasteiger partial charge is 0.267 e. The van der Waals surface area contributed by atoms with E-state index in [2.05, 4.69) is 0 Å². The van der Waals surface area contributed by atoms with E-state index in [0.717, 1.165) is 37.7 Å². The van der Waals surface area contributed by atoms with Crippen molar-refractivity contribution < 1.29 is 22.3 Å². The van der Waals surface area contributed by atoms with Crippen molar-refractivity contribution in [1.82, 2.24) is 4.72 Å². The first-order chi connectivity index (χ1) is 12.1. The fourth-order valence-electron chi connectivity index (χ4n) is 5.39. The van der Waals surface area contributed by atoms with E-state index in [-0.39, 0.29) is 16.4 Å². The van der Waals surface area contributed by atoms with Crippen LogP contribution in [-0.2, 0) is 10.0 Å². The van der Waals surface area contributed by atoms with Gasteiger partial charge in [0.1, 0.15) is 17.2 Å². The largest absolute Gasteiger partial charge is 0.486 e. The van der Waals surface area contributed by atoms with Crippen molar-refractivity contribution in [3.8, 4) is 5.75 Å². The topological polar surface area (TPSA) is 72.5 Å². The minimum atomic E-state index is -3.79. The van der Waals surface area contributed by atoms with Gasteiger partial charge in [0.05, 0.1) is 16.8 Å². The average Bonchev–Trinajstić information content (AvgIpc) is 2.47. The van der Waals surface area contributed by atoms with E-state index in [1.165, 1.54) is 19.3 Å². The zero-order chi connectivity index (χ0) is 18.7. The minimum absolute atomic E-state index is 0.112. The Balaban J connectivity index is 1.58. The van der Waals surface area contributed by atoms with Gasteiger partial charge < -0.3 is 4.74 Å². The second-order valence-corrected chi connectivity index (χ2v) is 10.3. The number of sulfonamides is 1. The van der Waals surface area contributed by atoms with Crippen LogP contribution in [0.15, 0.2) is 12.1 Å². The number of rotatable bonds is 4. The first-order valence-corrected chi connectivity index (χ1v) is 11.1. The molecular weight excluding hydrogens is 381 g/mol. The second-order valence-electron chi connectivity index (χ2n) is 8.17. The summed E-state index contributed by atoms with van der Waals surface area (Å²) in [5.74, 6) is 0.338. The number of hydrogen-bond acceptors (Lipinski definition) is 4. The van der Waals surface area contributed by atoms with Crippen LogP contribution in [0.25, 0.3) is 0 Å². The Hall–Kier alpha value is -1.34. The molecule has 8 heteroatoms. The predicted octanol–water partition coefficient (Wildman–Crippen LogP) is 3.52. The van der Waals surface area contributed by atoms with Gasteiger partial charge in [-0.1, -0.05) is 11.6 Å². The van der Waals surface area contributed by atoms with E-state index in [1.807, 2.05) is 0 Å². The van der Waals surface area contributed by atoms with Crippen molar-refractivity contribution >= 4 is 27.5 Å². The number of carbonyl (C=O) groups is 1. The third-order valence-electron chi connectivity index (χ3n) is 5.85. The molecule has 5 rings (SSSR count). The fourth-order valence-corrected chi connectivity index (χ4v) is 6.04. The highest BCUT2D eigenvalue weighted by molar-refractivity contribution is 7.89. The van der Waals surface area contributed by atoms with Crippen molar-refractivity contribution in [2.75, 3.05) is 6.26 Å². The molecular formula is C18H21ClFNO4S. The molecule has 4 fully saturated rings. The average molecular weight is 402 g/mol. The van der Waals surface area contributed by atoms with Gasteiger partial charge >= 0.3 is 0 Å². The SMILES string of the molecule is CS(=O)(=O)NC(=O)c1cc(Cl)c(OC23CC4CC(CC(C4)C2)C3)cc1F. The molecule has 0 unspecified atom stereocenters. The van der Waals surface area contributed by atoms with Gasteiger partial charge in [-0.15, -0.1) is 0 Å². The van der Waals surface area contributed by atoms with Crippen LogP contribution >= 0.6 is 11.6 Å². The van der Waals surface area contributed by atoms with Crippen LogP contribution in [0.4, 0.5) is 4.39 Å². The maximum atomic E-state index is 14.4. The summed E-state index contributed by atoms with van der Waals surface area (Å²) in [4.78, 5) is 11.9. The lowest BCUT2D eigenvalue weighted by atomic mass is 9.54. The lowest BCUT2D eigenvalue weighted by Crippen LogP contribution is -2.53. The summed E-state index contributed by atoms with van der Waals surface area (Å²) in [7, 11) is -3.79. The molecule has 1 amide bonds. The van der Waals surface area contributed by atoms with E-state index in [0.29, 0.717) is 17.8 Å². The van der Waals surface area contributed by atoms with Crippen molar-refractivity contribution in [2.24, 2.45) is 17.8 Å². The molecule has 26 heavy (non-hydrogen) atoms. The number of amides is 1. The second kappa shape index (κ2) is 6.09. The molecule has 0 aromatic heterocycles. The van der Waals surface area contributed by atoms with Crippen molar-refractivity contribution in [2.45, 2.75) is 44.1 Å². The fraction of sp³-hybridized carbons (Fsp3) is 0.611. The molecule has 1 aromatic rings. The molecule has 4 aliphatic carbocycles. The van der Waals surface area contributed by atoms with Crippen LogP contribution in [0.2, 0.25) is 5.02 Å². The molecule has 5 nitrogen and oxygen atoms in total. The molecule has 4 aliphatic rings. The molecule has 0 aliphatic heterocycles. The Morgan fingerprint density at radius 1 is 1.19 bits per heavy atom. The maximum Gasteiger partial charge on any atom is 0.267 e. The minimum Gasteiger partial charge on any atom is -0.486 e. The third-order valence-corrected chi connectivity index (χ3v) is 6.70. The van der Waals surface area contributed by atoms with Gasteiger partial charge in [0.25, 0.3) is 5.91 Å². The van der Waals surface area contributed by atoms with Crippen molar-refractivity contribution in [3.05, 3.63) is 28.5 Å². The van der Waals surface area contributed by atoms with Crippen molar-refractivity contribution in [1.29, 1.82) is 0 Å². The van der Waals surface area contributed by atoms with Crippen LogP contribution in [0.5, 0.6) is 5.75 Å². The molecule has 0 heterocycles. The molecule has 0 atom stereocenters. The predicted molar refractivity (Wildman–Crippen MR) is 95.3 cm³/mol. The summed E-state index contributed by atoms with van der Waals surface area (Å²) in [6.45, 7) is 0. The Kier molecular flexibility index (Phi) is 4.23. The number of carbonyl (C=O) groups excluding carboxylic acids is 1. The zero-order valence-electron chi connectivity index (χ0n) is 14.4. The molecule has 4 saturated carbocycles. The lowest BCUT2D eigenvalue weighted by molar-refractivity contribution is -0.107. The van der Waals surface area contributed by atoms with Crippen LogP contribution in [0.3, 0.4) is 0 Å². The number of nitrogens with one attached hydrogen (secondary N) is 1. The summed E-state index contributed by atoms with van der Waals surface area (Å²) in [5, 5.41) is 0.112. The molecule has 142 valence electrons. The van der Waals surface area contributed by atoms with Gasteiger partial charge in [-0.3, -0.25) is 4.79 Å². The van der Waals surface area contributed by atoms with Crippen LogP contribution in [0, 0.1) is 23.6 Å². The van der Waals surface area contributed by atoms with E-state index in [9.17, 15) is 17.6 Å². The Morgan fingerprint density at radius 2 is 1.73 bits per heavy atom. The molecule has 4 bridgehead atoms. The van der Waals surface area contributed by atoms with Crippen LogP contribution in [0.1, 0.15) is 48.9 Å². The van der Waals surface area contributed by atoms with Gasteiger partial charge in [0.15, 0.2) is 0 Å². The molecule has 0 saturated heterocycles. The number of hydrogen-bond donors (Lipinski definition) is 1. The zero-order valence-corrected chi connectivity index (χ0v) is 16.0. The first-order valence-electron chi connectivity index (χ1n) is 8.83. The standard InChI is InChI=1S/C18H21ClFNO4S/c1-26(23,24)21-17(22)13-5-14(19)16(6-15(13)20)25-18-7-10-2-11(8-18)4-12(3-10)9-18/h5-6,10-12H,2-4,7-9H2,1H3,(H,21,22). The monoisotopic (exact) mass is 401 g/mol. The van der Waals surface area contributed by atoms with Gasteiger partial charge in [-0.25, -0.2) is 17.5 Å². The Labute approximate surface area is 157 Å². The first kappa shape index (κ1) is 18.0. The normalized spacial score (nSPS) is 32.5. The number of benzene rings is 1. The van der Waals surface area contributed by atoms with Gasteiger partial charge in [-0.2, -0.15) is 0 Å². The van der Waals surface area contributed by atoms with Crippen LogP contribution in [-0.4, -0.2) is 26.2 Å². The van der Waals surface area contributed by atoms with E-state index in [4.69, 9.17) is 16.3 Å². The number of ether oxygens (including phenoxy) is 1. The lowest BCUT2D eigenvalue weighted by Gasteiger charge is -2.56. The number of halogens is 2. The third kappa shape index (κ3) is 3.43. The summed E-state index contributed by atoms with van der Waals surface area (Å²) in [6, 6.07) is 2.23. The molecule has 0 radical (unpaired) electrons. The van der Waals surface area contributed by atoms with E-state index < -0.39 is 27.3 Å². The van der Waals surface area contributed by atoms with Crippen LogP contribution < -0.4 is 9.46 Å². The highest BCUT2D eigenvalue weighted by Crippen LogP contribution is 2.57. The van der Waals surface area contributed by atoms with Gasteiger partial charge in [-0.05, 0) is 62.3 Å². The Morgan fingerprint density at radius 3 is 2.23 bits per heavy atom.